The van der Waals surface area contributed by atoms with Gasteiger partial charge in [-0.25, -0.2) is 9.97 Å². The Kier molecular flexibility index (Phi) is 5.32. The Balaban J connectivity index is 1.86. The van der Waals surface area contributed by atoms with Gasteiger partial charge in [-0.05, 0) is 54.4 Å². The molecule has 1 unspecified atom stereocenters. The van der Waals surface area contributed by atoms with Gasteiger partial charge in [0.15, 0.2) is 0 Å². The molecule has 3 aromatic rings. The molecular formula is C19H14BrClN4. The van der Waals surface area contributed by atoms with Crippen molar-refractivity contribution in [1.29, 1.82) is 5.26 Å². The van der Waals surface area contributed by atoms with Crippen LogP contribution >= 0.6 is 27.5 Å². The van der Waals surface area contributed by atoms with Crippen molar-refractivity contribution >= 4 is 39.2 Å². The second kappa shape index (κ2) is 7.64. The third kappa shape index (κ3) is 4.16. The molecule has 25 heavy (non-hydrogen) atoms. The van der Waals surface area contributed by atoms with Crippen LogP contribution in [0.2, 0.25) is 0 Å². The van der Waals surface area contributed by atoms with Crippen molar-refractivity contribution in [3.05, 3.63) is 81.6 Å². The van der Waals surface area contributed by atoms with Gasteiger partial charge in [-0.2, -0.15) is 5.26 Å². The van der Waals surface area contributed by atoms with Gasteiger partial charge in [-0.15, -0.1) is 11.6 Å². The SMILES string of the molecule is Cc1cnc(Nc2ccc(C#N)cc2)nc1C(Cl)c1ccc(Br)cc1. The maximum Gasteiger partial charge on any atom is 0.227 e. The smallest absolute Gasteiger partial charge is 0.227 e. The summed E-state index contributed by atoms with van der Waals surface area (Å²) in [4.78, 5) is 8.89. The minimum atomic E-state index is -0.363. The first-order valence-electron chi connectivity index (χ1n) is 7.57. The molecule has 1 heterocycles. The van der Waals surface area contributed by atoms with Crippen molar-refractivity contribution < 1.29 is 0 Å². The van der Waals surface area contributed by atoms with Crippen molar-refractivity contribution in [2.75, 3.05) is 5.32 Å². The van der Waals surface area contributed by atoms with Crippen LogP contribution in [0.3, 0.4) is 0 Å². The zero-order valence-electron chi connectivity index (χ0n) is 13.4. The molecule has 0 saturated heterocycles. The summed E-state index contributed by atoms with van der Waals surface area (Å²) in [6.07, 6.45) is 1.75. The Morgan fingerprint density at radius 1 is 1.12 bits per heavy atom. The van der Waals surface area contributed by atoms with Gasteiger partial charge >= 0.3 is 0 Å². The standard InChI is InChI=1S/C19H14BrClN4/c1-12-11-23-19(24-16-8-2-13(10-22)3-9-16)25-18(12)17(21)14-4-6-15(20)7-5-14/h2-9,11,17H,1H3,(H,23,24,25). The highest BCUT2D eigenvalue weighted by Gasteiger charge is 2.16. The second-order valence-electron chi connectivity index (χ2n) is 5.49. The number of nitrogens with zero attached hydrogens (tertiary/aromatic N) is 3. The highest BCUT2D eigenvalue weighted by Crippen LogP contribution is 2.31. The molecule has 2 aromatic carbocycles. The molecule has 1 N–H and O–H groups in total. The summed E-state index contributed by atoms with van der Waals surface area (Å²) in [5.41, 5.74) is 4.06. The fraction of sp³-hybridized carbons (Fsp3) is 0.105. The van der Waals surface area contributed by atoms with Crippen LogP contribution in [0.5, 0.6) is 0 Å². The lowest BCUT2D eigenvalue weighted by molar-refractivity contribution is 0.977. The highest BCUT2D eigenvalue weighted by molar-refractivity contribution is 9.10. The number of hydrogen-bond donors (Lipinski definition) is 1. The molecule has 4 nitrogen and oxygen atoms in total. The number of nitrogens with one attached hydrogen (secondary N) is 1. The molecule has 1 aromatic heterocycles. The number of aryl methyl sites for hydroxylation is 1. The van der Waals surface area contributed by atoms with Crippen LogP contribution in [0.25, 0.3) is 0 Å². The number of alkyl halides is 1. The van der Waals surface area contributed by atoms with Crippen LogP contribution < -0.4 is 5.32 Å². The molecular weight excluding hydrogens is 400 g/mol. The first-order chi connectivity index (χ1) is 12.1. The van der Waals surface area contributed by atoms with Gasteiger partial charge in [-0.1, -0.05) is 28.1 Å². The van der Waals surface area contributed by atoms with E-state index in [0.717, 1.165) is 27.0 Å². The number of benzene rings is 2. The summed E-state index contributed by atoms with van der Waals surface area (Å²) in [6.45, 7) is 1.94. The lowest BCUT2D eigenvalue weighted by Gasteiger charge is -2.14. The van der Waals surface area contributed by atoms with E-state index in [1.54, 1.807) is 18.3 Å². The largest absolute Gasteiger partial charge is 0.324 e. The minimum absolute atomic E-state index is 0.363. The number of anilines is 2. The molecule has 0 aliphatic heterocycles. The number of aromatic nitrogens is 2. The molecule has 0 spiro atoms. The molecule has 124 valence electrons. The molecule has 0 bridgehead atoms. The third-order valence-electron chi connectivity index (χ3n) is 3.68. The fourth-order valence-electron chi connectivity index (χ4n) is 2.32. The maximum absolute atomic E-state index is 8.86. The van der Waals surface area contributed by atoms with Crippen molar-refractivity contribution in [3.63, 3.8) is 0 Å². The lowest BCUT2D eigenvalue weighted by Crippen LogP contribution is -2.05. The van der Waals surface area contributed by atoms with Gasteiger partial charge in [0.2, 0.25) is 5.95 Å². The normalized spacial score (nSPS) is 11.6. The Labute approximate surface area is 159 Å². The molecule has 0 fully saturated rings. The van der Waals surface area contributed by atoms with E-state index >= 15 is 0 Å². The van der Waals surface area contributed by atoms with Crippen LogP contribution in [0.1, 0.15) is 27.8 Å². The van der Waals surface area contributed by atoms with E-state index in [2.05, 4.69) is 37.3 Å². The first-order valence-corrected chi connectivity index (χ1v) is 8.80. The maximum atomic E-state index is 8.86. The Hall–Kier alpha value is -2.42. The van der Waals surface area contributed by atoms with Gasteiger partial charge in [0.1, 0.15) is 5.38 Å². The molecule has 0 radical (unpaired) electrons. The zero-order valence-corrected chi connectivity index (χ0v) is 15.7. The molecule has 1 atom stereocenters. The third-order valence-corrected chi connectivity index (χ3v) is 4.67. The predicted octanol–water partition coefficient (Wildman–Crippen LogP) is 5.49. The number of rotatable bonds is 4. The van der Waals surface area contributed by atoms with Crippen molar-refractivity contribution in [1.82, 2.24) is 9.97 Å². The summed E-state index contributed by atoms with van der Waals surface area (Å²) >= 11 is 10.1. The van der Waals surface area contributed by atoms with Gasteiger partial charge in [0.05, 0.1) is 17.3 Å². The van der Waals surface area contributed by atoms with Crippen LogP contribution in [-0.4, -0.2) is 9.97 Å². The summed E-state index contributed by atoms with van der Waals surface area (Å²) in [5.74, 6) is 0.466. The van der Waals surface area contributed by atoms with Crippen molar-refractivity contribution in [3.8, 4) is 6.07 Å². The molecule has 0 aliphatic carbocycles. The Bertz CT molecular complexity index is 918. The number of hydrogen-bond acceptors (Lipinski definition) is 4. The van der Waals surface area contributed by atoms with Gasteiger partial charge in [0, 0.05) is 16.4 Å². The fourth-order valence-corrected chi connectivity index (χ4v) is 2.95. The average molecular weight is 414 g/mol. The van der Waals surface area contributed by atoms with E-state index in [0.29, 0.717) is 11.5 Å². The van der Waals surface area contributed by atoms with E-state index in [4.69, 9.17) is 16.9 Å². The zero-order chi connectivity index (χ0) is 17.8. The van der Waals surface area contributed by atoms with E-state index < -0.39 is 0 Å². The topological polar surface area (TPSA) is 61.6 Å². The summed E-state index contributed by atoms with van der Waals surface area (Å²) < 4.78 is 1.00. The van der Waals surface area contributed by atoms with Gasteiger partial charge < -0.3 is 5.32 Å². The van der Waals surface area contributed by atoms with E-state index in [-0.39, 0.29) is 5.38 Å². The molecule has 6 heteroatoms. The van der Waals surface area contributed by atoms with E-state index in [1.807, 2.05) is 43.3 Å². The molecule has 0 saturated carbocycles. The van der Waals surface area contributed by atoms with Crippen LogP contribution in [0.4, 0.5) is 11.6 Å². The number of halogens is 2. The van der Waals surface area contributed by atoms with Gasteiger partial charge in [0.25, 0.3) is 0 Å². The predicted molar refractivity (Wildman–Crippen MR) is 103 cm³/mol. The lowest BCUT2D eigenvalue weighted by atomic mass is 10.1. The Morgan fingerprint density at radius 3 is 2.44 bits per heavy atom. The molecule has 3 rings (SSSR count). The summed E-state index contributed by atoms with van der Waals surface area (Å²) in [5, 5.41) is 11.6. The minimum Gasteiger partial charge on any atom is -0.324 e. The van der Waals surface area contributed by atoms with Crippen LogP contribution in [0.15, 0.2) is 59.2 Å². The van der Waals surface area contributed by atoms with Crippen molar-refractivity contribution in [2.45, 2.75) is 12.3 Å². The summed E-state index contributed by atoms with van der Waals surface area (Å²) in [7, 11) is 0. The number of nitriles is 1. The Morgan fingerprint density at radius 2 is 1.80 bits per heavy atom. The highest BCUT2D eigenvalue weighted by atomic mass is 79.9. The van der Waals surface area contributed by atoms with Crippen molar-refractivity contribution in [2.24, 2.45) is 0 Å². The average Bonchev–Trinajstić information content (AvgIpc) is 2.64. The second-order valence-corrected chi connectivity index (χ2v) is 6.84. The van der Waals surface area contributed by atoms with E-state index in [9.17, 15) is 0 Å². The first kappa shape index (κ1) is 17.4. The van der Waals surface area contributed by atoms with Gasteiger partial charge in [-0.3, -0.25) is 0 Å². The quantitative estimate of drug-likeness (QED) is 0.574. The monoisotopic (exact) mass is 412 g/mol. The van der Waals surface area contributed by atoms with Crippen LogP contribution in [-0.2, 0) is 0 Å². The summed E-state index contributed by atoms with van der Waals surface area (Å²) in [6, 6.07) is 17.0. The van der Waals surface area contributed by atoms with E-state index in [1.165, 1.54) is 0 Å². The molecule has 0 aliphatic rings. The van der Waals surface area contributed by atoms with Crippen LogP contribution in [0, 0.1) is 18.3 Å². The molecule has 0 amide bonds.